The molecule has 2 rings (SSSR count). The minimum absolute atomic E-state index is 0.0168. The number of amides is 1. The van der Waals surface area contributed by atoms with Gasteiger partial charge in [-0.3, -0.25) is 4.79 Å². The average Bonchev–Trinajstić information content (AvgIpc) is 2.87. The van der Waals surface area contributed by atoms with Crippen LogP contribution in [0.1, 0.15) is 16.8 Å². The molecule has 1 aromatic carbocycles. The summed E-state index contributed by atoms with van der Waals surface area (Å²) < 4.78 is 18.6. The van der Waals surface area contributed by atoms with Gasteiger partial charge in [-0.1, -0.05) is 0 Å². The van der Waals surface area contributed by atoms with Gasteiger partial charge in [-0.15, -0.1) is 0 Å². The second kappa shape index (κ2) is 5.98. The molecular formula is C13H15FN2O4. The number of aromatic carboxylic acids is 1. The quantitative estimate of drug-likeness (QED) is 0.761. The number of benzene rings is 1. The molecule has 1 aliphatic rings. The van der Waals surface area contributed by atoms with E-state index in [1.54, 1.807) is 7.11 Å². The highest BCUT2D eigenvalue weighted by molar-refractivity contribution is 5.96. The third kappa shape index (κ3) is 3.12. The number of carboxylic acids is 1. The maximum atomic E-state index is 13.5. The van der Waals surface area contributed by atoms with Crippen LogP contribution in [0, 0.1) is 5.82 Å². The van der Waals surface area contributed by atoms with Crippen LogP contribution in [0.4, 0.5) is 10.1 Å². The van der Waals surface area contributed by atoms with Gasteiger partial charge in [0, 0.05) is 19.3 Å². The molecule has 2 unspecified atom stereocenters. The number of carbonyl (C=O) groups is 2. The predicted octanol–water partition coefficient (Wildman–Crippen LogP) is 0.839. The van der Waals surface area contributed by atoms with E-state index in [9.17, 15) is 14.0 Å². The summed E-state index contributed by atoms with van der Waals surface area (Å²) in [6, 6.07) is 3.06. The molecule has 6 nitrogen and oxygen atoms in total. The predicted molar refractivity (Wildman–Crippen MR) is 69.2 cm³/mol. The van der Waals surface area contributed by atoms with E-state index in [1.165, 1.54) is 6.07 Å². The highest BCUT2D eigenvalue weighted by Gasteiger charge is 2.29. The number of carbonyl (C=O) groups excluding carboxylic acids is 1. The van der Waals surface area contributed by atoms with Gasteiger partial charge in [0.2, 0.25) is 5.91 Å². The van der Waals surface area contributed by atoms with Gasteiger partial charge in [-0.25, -0.2) is 9.18 Å². The summed E-state index contributed by atoms with van der Waals surface area (Å²) in [4.78, 5) is 22.6. The number of ether oxygens (including phenoxy) is 1. The first-order valence-corrected chi connectivity index (χ1v) is 6.11. The van der Waals surface area contributed by atoms with E-state index in [0.29, 0.717) is 13.0 Å². The van der Waals surface area contributed by atoms with Gasteiger partial charge in [0.1, 0.15) is 5.82 Å². The topological polar surface area (TPSA) is 87.7 Å². The van der Waals surface area contributed by atoms with Crippen molar-refractivity contribution < 1.29 is 23.8 Å². The summed E-state index contributed by atoms with van der Waals surface area (Å²) in [7, 11) is 1.58. The van der Waals surface area contributed by atoms with Gasteiger partial charge < -0.3 is 20.5 Å². The number of methoxy groups -OCH3 is 1. The van der Waals surface area contributed by atoms with E-state index < -0.39 is 23.4 Å². The van der Waals surface area contributed by atoms with Crippen LogP contribution in [-0.2, 0) is 9.53 Å². The Bertz CT molecular complexity index is 535. The Balaban J connectivity index is 2.02. The summed E-state index contributed by atoms with van der Waals surface area (Å²) in [5.41, 5.74) is -0.207. The largest absolute Gasteiger partial charge is 0.478 e. The van der Waals surface area contributed by atoms with Crippen LogP contribution in [-0.4, -0.2) is 42.8 Å². The zero-order valence-corrected chi connectivity index (χ0v) is 10.9. The van der Waals surface area contributed by atoms with Gasteiger partial charge in [-0.2, -0.15) is 0 Å². The van der Waals surface area contributed by atoms with Crippen LogP contribution >= 0.6 is 0 Å². The van der Waals surface area contributed by atoms with Crippen molar-refractivity contribution in [2.24, 2.45) is 0 Å². The third-order valence-electron chi connectivity index (χ3n) is 3.21. The summed E-state index contributed by atoms with van der Waals surface area (Å²) in [5, 5.41) is 14.3. The number of nitrogens with one attached hydrogen (secondary N) is 2. The Morgan fingerprint density at radius 1 is 1.50 bits per heavy atom. The first-order chi connectivity index (χ1) is 9.51. The van der Waals surface area contributed by atoms with Crippen LogP contribution in [0.2, 0.25) is 0 Å². The van der Waals surface area contributed by atoms with Gasteiger partial charge >= 0.3 is 5.97 Å². The Morgan fingerprint density at radius 2 is 2.25 bits per heavy atom. The fourth-order valence-electron chi connectivity index (χ4n) is 2.08. The maximum Gasteiger partial charge on any atom is 0.338 e. The molecule has 1 amide bonds. The Labute approximate surface area is 114 Å². The number of anilines is 1. The lowest BCUT2D eigenvalue weighted by atomic mass is 10.1. The van der Waals surface area contributed by atoms with Crippen molar-refractivity contribution in [2.75, 3.05) is 19.0 Å². The van der Waals surface area contributed by atoms with E-state index in [-0.39, 0.29) is 17.7 Å². The van der Waals surface area contributed by atoms with Gasteiger partial charge in [0.25, 0.3) is 0 Å². The lowest BCUT2D eigenvalue weighted by Gasteiger charge is -2.11. The van der Waals surface area contributed by atoms with E-state index in [0.717, 1.165) is 12.1 Å². The minimum Gasteiger partial charge on any atom is -0.478 e. The highest BCUT2D eigenvalue weighted by atomic mass is 19.1. The minimum atomic E-state index is -1.35. The highest BCUT2D eigenvalue weighted by Crippen LogP contribution is 2.16. The molecule has 1 saturated heterocycles. The maximum absolute atomic E-state index is 13.5. The SMILES string of the molecule is COC1CNC(C(=O)Nc2ccc(C(=O)O)c(F)c2)C1. The zero-order valence-electron chi connectivity index (χ0n) is 10.9. The van der Waals surface area contributed by atoms with Crippen molar-refractivity contribution in [3.63, 3.8) is 0 Å². The summed E-state index contributed by atoms with van der Waals surface area (Å²) in [5.74, 6) is -2.53. The van der Waals surface area contributed by atoms with Crippen molar-refractivity contribution in [1.82, 2.24) is 5.32 Å². The van der Waals surface area contributed by atoms with E-state index in [1.807, 2.05) is 0 Å². The fourth-order valence-corrected chi connectivity index (χ4v) is 2.08. The lowest BCUT2D eigenvalue weighted by molar-refractivity contribution is -0.118. The molecule has 108 valence electrons. The van der Waals surface area contributed by atoms with E-state index in [2.05, 4.69) is 10.6 Å². The monoisotopic (exact) mass is 282 g/mol. The number of halogens is 1. The molecule has 1 heterocycles. The Hall–Kier alpha value is -1.99. The smallest absolute Gasteiger partial charge is 0.338 e. The summed E-state index contributed by atoms with van der Waals surface area (Å²) in [6.45, 7) is 0.584. The number of hydrogen-bond donors (Lipinski definition) is 3. The van der Waals surface area contributed by atoms with Crippen LogP contribution in [0.25, 0.3) is 0 Å². The van der Waals surface area contributed by atoms with Crippen molar-refractivity contribution >= 4 is 17.6 Å². The summed E-state index contributed by atoms with van der Waals surface area (Å²) >= 11 is 0. The van der Waals surface area contributed by atoms with Crippen LogP contribution in [0.5, 0.6) is 0 Å². The molecule has 3 N–H and O–H groups in total. The number of carboxylic acid groups (broad SMARTS) is 1. The third-order valence-corrected chi connectivity index (χ3v) is 3.21. The normalized spacial score (nSPS) is 21.7. The molecule has 1 aliphatic heterocycles. The van der Waals surface area contributed by atoms with E-state index >= 15 is 0 Å². The number of rotatable bonds is 4. The molecule has 0 saturated carbocycles. The number of hydrogen-bond acceptors (Lipinski definition) is 4. The van der Waals surface area contributed by atoms with Crippen molar-refractivity contribution in [2.45, 2.75) is 18.6 Å². The van der Waals surface area contributed by atoms with Crippen molar-refractivity contribution in [3.8, 4) is 0 Å². The zero-order chi connectivity index (χ0) is 14.7. The second-order valence-electron chi connectivity index (χ2n) is 4.54. The second-order valence-corrected chi connectivity index (χ2v) is 4.54. The molecule has 2 atom stereocenters. The van der Waals surface area contributed by atoms with Gasteiger partial charge in [-0.05, 0) is 24.6 Å². The standard InChI is InChI=1S/C13H15FN2O4/c1-20-8-5-11(15-6-8)12(17)16-7-2-3-9(13(18)19)10(14)4-7/h2-4,8,11,15H,5-6H2,1H3,(H,16,17)(H,18,19). The molecule has 0 aromatic heterocycles. The van der Waals surface area contributed by atoms with Crippen molar-refractivity contribution in [3.05, 3.63) is 29.6 Å². The molecule has 0 bridgehead atoms. The molecule has 0 aliphatic carbocycles. The molecule has 7 heteroatoms. The van der Waals surface area contributed by atoms with Gasteiger partial charge in [0.15, 0.2) is 0 Å². The van der Waals surface area contributed by atoms with Crippen LogP contribution in [0.15, 0.2) is 18.2 Å². The molecule has 0 spiro atoms. The molecule has 1 aromatic rings. The molecule has 1 fully saturated rings. The van der Waals surface area contributed by atoms with Crippen LogP contribution in [0.3, 0.4) is 0 Å². The molecular weight excluding hydrogens is 267 g/mol. The molecule has 20 heavy (non-hydrogen) atoms. The Morgan fingerprint density at radius 3 is 2.80 bits per heavy atom. The lowest BCUT2D eigenvalue weighted by Crippen LogP contribution is -2.35. The average molecular weight is 282 g/mol. The first kappa shape index (κ1) is 14.4. The van der Waals surface area contributed by atoms with Gasteiger partial charge in [0.05, 0.1) is 17.7 Å². The Kier molecular flexibility index (Phi) is 4.31. The van der Waals surface area contributed by atoms with Crippen LogP contribution < -0.4 is 10.6 Å². The summed E-state index contributed by atoms with van der Waals surface area (Å²) in [6.07, 6.45) is 0.523. The fraction of sp³-hybridized carbons (Fsp3) is 0.385. The van der Waals surface area contributed by atoms with E-state index in [4.69, 9.17) is 9.84 Å². The molecule has 0 radical (unpaired) electrons. The first-order valence-electron chi connectivity index (χ1n) is 6.11. The van der Waals surface area contributed by atoms with Crippen molar-refractivity contribution in [1.29, 1.82) is 0 Å².